The molecule has 5 aliphatic rings. The van der Waals surface area contributed by atoms with E-state index in [4.69, 9.17) is 0 Å². The molecule has 1 N–H and O–H groups in total. The molecule has 0 radical (unpaired) electrons. The van der Waals surface area contributed by atoms with Crippen LogP contribution in [0.15, 0.2) is 24.3 Å². The first-order valence-corrected chi connectivity index (χ1v) is 11.1. The highest BCUT2D eigenvalue weighted by atomic mass is 16.2. The second-order valence-corrected chi connectivity index (χ2v) is 10.4. The molecule has 4 bridgehead atoms. The monoisotopic (exact) mass is 394 g/mol. The van der Waals surface area contributed by atoms with Gasteiger partial charge in [0.1, 0.15) is 6.04 Å². The number of hydrogen-bond donors (Lipinski definition) is 1. The molecule has 154 valence electrons. The van der Waals surface area contributed by atoms with Crippen LogP contribution in [0.3, 0.4) is 0 Å². The molecule has 5 nitrogen and oxygen atoms in total. The molecule has 1 atom stereocenters. The van der Waals surface area contributed by atoms with Gasteiger partial charge < -0.3 is 5.32 Å². The fourth-order valence-corrected chi connectivity index (χ4v) is 7.06. The fraction of sp³-hybridized carbons (Fsp3) is 0.625. The molecular weight excluding hydrogens is 364 g/mol. The summed E-state index contributed by atoms with van der Waals surface area (Å²) in [4.78, 5) is 40.3. The minimum Gasteiger partial charge on any atom is -0.354 e. The Hall–Kier alpha value is -2.17. The molecule has 1 aromatic rings. The number of hydrogen-bond acceptors (Lipinski definition) is 3. The van der Waals surface area contributed by atoms with Crippen LogP contribution in [0.2, 0.25) is 0 Å². The predicted octanol–water partition coefficient (Wildman–Crippen LogP) is 3.64. The molecule has 1 heterocycles. The molecule has 4 fully saturated rings. The van der Waals surface area contributed by atoms with E-state index in [2.05, 4.69) is 5.32 Å². The van der Waals surface area contributed by atoms with Crippen LogP contribution < -0.4 is 5.32 Å². The fourth-order valence-electron chi connectivity index (χ4n) is 7.06. The molecule has 1 aliphatic heterocycles. The molecule has 3 amide bonds. The zero-order chi connectivity index (χ0) is 20.3. The molecule has 4 saturated carbocycles. The third-order valence-corrected chi connectivity index (χ3v) is 7.81. The molecule has 1 aromatic carbocycles. The Bertz CT molecular complexity index is 804. The topological polar surface area (TPSA) is 66.5 Å². The van der Waals surface area contributed by atoms with E-state index in [-0.39, 0.29) is 29.1 Å². The Labute approximate surface area is 172 Å². The number of nitrogens with zero attached hydrogens (tertiary/aromatic N) is 1. The Morgan fingerprint density at radius 2 is 1.48 bits per heavy atom. The van der Waals surface area contributed by atoms with Crippen molar-refractivity contribution in [3.63, 3.8) is 0 Å². The number of nitrogens with one attached hydrogen (secondary N) is 1. The molecule has 5 heteroatoms. The quantitative estimate of drug-likeness (QED) is 0.776. The summed E-state index contributed by atoms with van der Waals surface area (Å²) in [5, 5.41) is 3.18. The number of carbonyl (C=O) groups is 3. The highest BCUT2D eigenvalue weighted by Gasteiger charge is 2.51. The van der Waals surface area contributed by atoms with Crippen LogP contribution in [-0.4, -0.2) is 35.2 Å². The van der Waals surface area contributed by atoms with Crippen LogP contribution in [0.5, 0.6) is 0 Å². The average Bonchev–Trinajstić information content (AvgIpc) is 2.91. The lowest BCUT2D eigenvalue weighted by molar-refractivity contribution is -0.128. The van der Waals surface area contributed by atoms with Crippen LogP contribution in [0.25, 0.3) is 0 Å². The van der Waals surface area contributed by atoms with Gasteiger partial charge in [0.05, 0.1) is 11.1 Å². The lowest BCUT2D eigenvalue weighted by atomic mass is 9.49. The van der Waals surface area contributed by atoms with Gasteiger partial charge in [-0.25, -0.2) is 0 Å². The minimum atomic E-state index is -0.767. The highest BCUT2D eigenvalue weighted by molar-refractivity contribution is 6.22. The Morgan fingerprint density at radius 1 is 1.00 bits per heavy atom. The van der Waals surface area contributed by atoms with Crippen molar-refractivity contribution in [2.75, 3.05) is 6.54 Å². The standard InChI is InChI=1S/C24H30N2O3/c1-14(2)20(26-22(28)18-5-3-4-6-19(18)23(26)29)21(27)25-13-24-10-15-7-16(11-24)9-17(8-15)12-24/h3-6,14-17,20H,7-13H2,1-2H3,(H,25,27)/t15?,16?,17?,20-,24?/m0/s1. The maximum atomic E-state index is 13.2. The van der Waals surface area contributed by atoms with E-state index in [1.54, 1.807) is 24.3 Å². The number of benzene rings is 1. The predicted molar refractivity (Wildman–Crippen MR) is 109 cm³/mol. The summed E-state index contributed by atoms with van der Waals surface area (Å²) < 4.78 is 0. The van der Waals surface area contributed by atoms with E-state index < -0.39 is 6.04 Å². The van der Waals surface area contributed by atoms with Gasteiger partial charge in [0.15, 0.2) is 0 Å². The maximum absolute atomic E-state index is 13.2. The van der Waals surface area contributed by atoms with E-state index in [1.165, 1.54) is 43.4 Å². The van der Waals surface area contributed by atoms with E-state index in [0.717, 1.165) is 17.8 Å². The van der Waals surface area contributed by atoms with Gasteiger partial charge in [0.25, 0.3) is 11.8 Å². The SMILES string of the molecule is CC(C)[C@@H](C(=O)NCC12CC3CC(CC(C3)C1)C2)N1C(=O)c2ccccc2C1=O. The maximum Gasteiger partial charge on any atom is 0.262 e. The first kappa shape index (κ1) is 18.8. The first-order valence-electron chi connectivity index (χ1n) is 11.1. The molecule has 29 heavy (non-hydrogen) atoms. The number of amides is 3. The summed E-state index contributed by atoms with van der Waals surface area (Å²) in [7, 11) is 0. The lowest BCUT2D eigenvalue weighted by Crippen LogP contribution is -2.56. The van der Waals surface area contributed by atoms with E-state index >= 15 is 0 Å². The Kier molecular flexibility index (Phi) is 4.34. The van der Waals surface area contributed by atoms with E-state index in [1.807, 2.05) is 13.8 Å². The normalized spacial score (nSPS) is 33.3. The highest BCUT2D eigenvalue weighted by Crippen LogP contribution is 2.59. The van der Waals surface area contributed by atoms with Crippen LogP contribution >= 0.6 is 0 Å². The third kappa shape index (κ3) is 3.01. The number of fused-ring (bicyclic) bond motifs is 1. The summed E-state index contributed by atoms with van der Waals surface area (Å²) in [5.41, 5.74) is 1.03. The lowest BCUT2D eigenvalue weighted by Gasteiger charge is -2.57. The second-order valence-electron chi connectivity index (χ2n) is 10.4. The summed E-state index contributed by atoms with van der Waals surface area (Å²) in [6.45, 7) is 4.48. The second kappa shape index (κ2) is 6.68. The summed E-state index contributed by atoms with van der Waals surface area (Å²) in [6, 6.07) is 6.08. The third-order valence-electron chi connectivity index (χ3n) is 7.81. The van der Waals surface area contributed by atoms with Gasteiger partial charge in [-0.1, -0.05) is 26.0 Å². The molecule has 0 unspecified atom stereocenters. The zero-order valence-electron chi connectivity index (χ0n) is 17.3. The van der Waals surface area contributed by atoms with Gasteiger partial charge in [-0.3, -0.25) is 19.3 Å². The average molecular weight is 395 g/mol. The Morgan fingerprint density at radius 3 is 1.93 bits per heavy atom. The van der Waals surface area contributed by atoms with Crippen LogP contribution in [-0.2, 0) is 4.79 Å². The number of rotatable bonds is 5. The van der Waals surface area contributed by atoms with Crippen LogP contribution in [0, 0.1) is 29.1 Å². The minimum absolute atomic E-state index is 0.145. The Balaban J connectivity index is 1.33. The van der Waals surface area contributed by atoms with Crippen molar-refractivity contribution >= 4 is 17.7 Å². The van der Waals surface area contributed by atoms with Gasteiger partial charge in [0.2, 0.25) is 5.91 Å². The summed E-state index contributed by atoms with van der Waals surface area (Å²) in [6.07, 6.45) is 7.78. The molecular formula is C24H30N2O3. The van der Waals surface area contributed by atoms with E-state index in [0.29, 0.717) is 17.7 Å². The molecule has 0 spiro atoms. The van der Waals surface area contributed by atoms with Crippen molar-refractivity contribution < 1.29 is 14.4 Å². The van der Waals surface area contributed by atoms with Gasteiger partial charge in [-0.15, -0.1) is 0 Å². The van der Waals surface area contributed by atoms with Gasteiger partial charge >= 0.3 is 0 Å². The van der Waals surface area contributed by atoms with Crippen molar-refractivity contribution in [2.24, 2.45) is 29.1 Å². The largest absolute Gasteiger partial charge is 0.354 e. The summed E-state index contributed by atoms with van der Waals surface area (Å²) in [5.74, 6) is 1.45. The smallest absolute Gasteiger partial charge is 0.262 e. The van der Waals surface area contributed by atoms with Gasteiger partial charge in [-0.2, -0.15) is 0 Å². The van der Waals surface area contributed by atoms with E-state index in [9.17, 15) is 14.4 Å². The molecule has 0 aromatic heterocycles. The van der Waals surface area contributed by atoms with Crippen molar-refractivity contribution in [3.05, 3.63) is 35.4 Å². The zero-order valence-corrected chi connectivity index (χ0v) is 17.3. The van der Waals surface area contributed by atoms with Gasteiger partial charge in [-0.05, 0) is 79.7 Å². The molecule has 0 saturated heterocycles. The van der Waals surface area contributed by atoms with Crippen LogP contribution in [0.4, 0.5) is 0 Å². The van der Waals surface area contributed by atoms with Crippen molar-refractivity contribution in [2.45, 2.75) is 58.4 Å². The van der Waals surface area contributed by atoms with Gasteiger partial charge in [0, 0.05) is 6.54 Å². The molecule has 4 aliphatic carbocycles. The first-order chi connectivity index (χ1) is 13.9. The number of imide groups is 1. The van der Waals surface area contributed by atoms with Crippen molar-refractivity contribution in [1.29, 1.82) is 0 Å². The summed E-state index contributed by atoms with van der Waals surface area (Å²) >= 11 is 0. The van der Waals surface area contributed by atoms with Crippen molar-refractivity contribution in [3.8, 4) is 0 Å². The van der Waals surface area contributed by atoms with Crippen LogP contribution in [0.1, 0.15) is 73.1 Å². The molecule has 6 rings (SSSR count). The van der Waals surface area contributed by atoms with Crippen molar-refractivity contribution in [1.82, 2.24) is 10.2 Å². The number of carbonyl (C=O) groups excluding carboxylic acids is 3.